The molecule has 9 heteroatoms. The first kappa shape index (κ1) is 21.0. The third-order valence-corrected chi connectivity index (χ3v) is 5.24. The molecular weight excluding hydrogens is 386 g/mol. The number of hydrazone groups is 1. The zero-order valence-corrected chi connectivity index (χ0v) is 17.3. The lowest BCUT2D eigenvalue weighted by Crippen LogP contribution is -2.49. The molecule has 1 aliphatic heterocycles. The number of aliphatic hydroxyl groups excluding tert-OH is 1. The fourth-order valence-electron chi connectivity index (χ4n) is 2.88. The summed E-state index contributed by atoms with van der Waals surface area (Å²) in [5.41, 5.74) is 10.2. The van der Waals surface area contributed by atoms with Crippen molar-refractivity contribution in [2.75, 3.05) is 44.8 Å². The molecule has 3 rings (SSSR count). The molecule has 8 nitrogen and oxygen atoms in total. The molecule has 29 heavy (non-hydrogen) atoms. The summed E-state index contributed by atoms with van der Waals surface area (Å²) in [6, 6.07) is 9.94. The number of piperazine rings is 1. The van der Waals surface area contributed by atoms with Gasteiger partial charge in [-0.1, -0.05) is 36.4 Å². The van der Waals surface area contributed by atoms with Crippen LogP contribution in [-0.2, 0) is 0 Å². The fraction of sp³-hybridized carbons (Fsp3) is 0.350. The predicted octanol–water partition coefficient (Wildman–Crippen LogP) is 1.81. The van der Waals surface area contributed by atoms with Crippen molar-refractivity contribution in [3.63, 3.8) is 0 Å². The van der Waals surface area contributed by atoms with Crippen LogP contribution in [0.4, 0.5) is 5.13 Å². The highest BCUT2D eigenvalue weighted by Crippen LogP contribution is 2.16. The molecule has 1 saturated heterocycles. The molecule has 2 heterocycles. The smallest absolute Gasteiger partial charge is 0.245 e. The summed E-state index contributed by atoms with van der Waals surface area (Å²) in [4.78, 5) is 14.2. The lowest BCUT2D eigenvalue weighted by atomic mass is 10.2. The Labute approximate surface area is 175 Å². The molecule has 154 valence electrons. The number of hydrogen-bond donors (Lipinski definition) is 3. The number of aromatic nitrogens is 1. The molecule has 0 atom stereocenters. The van der Waals surface area contributed by atoms with Crippen LogP contribution in [0, 0.1) is 6.92 Å². The van der Waals surface area contributed by atoms with Crippen molar-refractivity contribution in [3.05, 3.63) is 53.0 Å². The van der Waals surface area contributed by atoms with E-state index in [4.69, 9.17) is 10.8 Å². The molecule has 0 amide bonds. The Balaban J connectivity index is 1.73. The van der Waals surface area contributed by atoms with Crippen LogP contribution in [0.25, 0.3) is 6.08 Å². The van der Waals surface area contributed by atoms with E-state index in [0.717, 1.165) is 36.6 Å². The highest BCUT2D eigenvalue weighted by molar-refractivity contribution is 7.15. The first-order valence-corrected chi connectivity index (χ1v) is 10.4. The van der Waals surface area contributed by atoms with E-state index < -0.39 is 0 Å². The van der Waals surface area contributed by atoms with Crippen molar-refractivity contribution in [2.24, 2.45) is 15.8 Å². The Morgan fingerprint density at radius 2 is 2.03 bits per heavy atom. The van der Waals surface area contributed by atoms with Crippen LogP contribution in [0.3, 0.4) is 0 Å². The zero-order chi connectivity index (χ0) is 20.5. The van der Waals surface area contributed by atoms with Crippen molar-refractivity contribution in [1.82, 2.24) is 14.8 Å². The topological polar surface area (TPSA) is 102 Å². The number of nitrogens with one attached hydrogen (secondary N) is 1. The van der Waals surface area contributed by atoms with E-state index in [9.17, 15) is 0 Å². The first-order valence-electron chi connectivity index (χ1n) is 9.55. The normalized spacial score (nSPS) is 16.6. The second kappa shape index (κ2) is 10.7. The molecule has 4 N–H and O–H groups in total. The van der Waals surface area contributed by atoms with Crippen molar-refractivity contribution >= 4 is 34.3 Å². The predicted molar refractivity (Wildman–Crippen MR) is 120 cm³/mol. The van der Waals surface area contributed by atoms with Gasteiger partial charge in [0, 0.05) is 43.8 Å². The fourth-order valence-corrected chi connectivity index (χ4v) is 3.49. The number of aliphatic hydroxyl groups is 1. The number of aryl methyl sites for hydroxylation is 1. The van der Waals surface area contributed by atoms with Crippen LogP contribution in [-0.4, -0.2) is 71.0 Å². The van der Waals surface area contributed by atoms with E-state index in [2.05, 4.69) is 30.3 Å². The molecule has 2 aromatic rings. The molecule has 1 fully saturated rings. The molecule has 1 aromatic carbocycles. The van der Waals surface area contributed by atoms with E-state index in [-0.39, 0.29) is 6.61 Å². The van der Waals surface area contributed by atoms with Gasteiger partial charge < -0.3 is 15.7 Å². The number of nitrogens with two attached hydrogens (primary N) is 1. The number of benzene rings is 1. The van der Waals surface area contributed by atoms with Crippen molar-refractivity contribution in [2.45, 2.75) is 6.92 Å². The highest BCUT2D eigenvalue weighted by atomic mass is 32.1. The Bertz CT molecular complexity index is 855. The summed E-state index contributed by atoms with van der Waals surface area (Å²) in [7, 11) is 0. The number of thiazole rings is 1. The Hall–Kier alpha value is -2.75. The zero-order valence-electron chi connectivity index (χ0n) is 16.5. The third-order valence-electron chi connectivity index (χ3n) is 4.42. The van der Waals surface area contributed by atoms with Crippen molar-refractivity contribution < 1.29 is 5.11 Å². The summed E-state index contributed by atoms with van der Waals surface area (Å²) < 4.78 is 0. The molecule has 1 aliphatic rings. The van der Waals surface area contributed by atoms with Gasteiger partial charge in [-0.15, -0.1) is 16.4 Å². The Morgan fingerprint density at radius 1 is 1.28 bits per heavy atom. The SMILES string of the molecule is Cc1cnc(NN=C(N=C(N)/C=C/c2ccccc2)N2CCN(CCO)CC2)s1. The van der Waals surface area contributed by atoms with Gasteiger partial charge in [0.1, 0.15) is 5.84 Å². The average Bonchev–Trinajstić information content (AvgIpc) is 3.16. The Morgan fingerprint density at radius 3 is 2.69 bits per heavy atom. The van der Waals surface area contributed by atoms with E-state index >= 15 is 0 Å². The number of amidine groups is 1. The summed E-state index contributed by atoms with van der Waals surface area (Å²) in [6.07, 6.45) is 5.50. The maximum Gasteiger partial charge on any atom is 0.245 e. The van der Waals surface area contributed by atoms with Gasteiger partial charge in [0.15, 0.2) is 0 Å². The number of anilines is 1. The minimum atomic E-state index is 0.168. The maximum absolute atomic E-state index is 9.14. The quantitative estimate of drug-likeness (QED) is 0.379. The number of aliphatic imine (C=N–C) groups is 1. The van der Waals surface area contributed by atoms with E-state index in [1.165, 1.54) is 11.3 Å². The molecule has 0 bridgehead atoms. The molecule has 0 aliphatic carbocycles. The van der Waals surface area contributed by atoms with Crippen molar-refractivity contribution in [3.8, 4) is 0 Å². The molecule has 0 radical (unpaired) electrons. The van der Waals surface area contributed by atoms with Crippen LogP contribution >= 0.6 is 11.3 Å². The van der Waals surface area contributed by atoms with Crippen LogP contribution in [0.2, 0.25) is 0 Å². The largest absolute Gasteiger partial charge is 0.395 e. The second-order valence-electron chi connectivity index (χ2n) is 6.63. The molecular formula is C20H27N7OS. The molecule has 0 unspecified atom stereocenters. The van der Waals surface area contributed by atoms with Gasteiger partial charge in [-0.05, 0) is 18.6 Å². The molecule has 0 saturated carbocycles. The number of hydrogen-bond acceptors (Lipinski definition) is 6. The van der Waals surface area contributed by atoms with Gasteiger partial charge in [-0.2, -0.15) is 4.99 Å². The van der Waals surface area contributed by atoms with Gasteiger partial charge in [-0.25, -0.2) is 10.4 Å². The lowest BCUT2D eigenvalue weighted by Gasteiger charge is -2.34. The number of β-amino-alcohol motifs (C(OH)–C–C–N with tert-alkyl or cyclic N) is 1. The third kappa shape index (κ3) is 6.67. The first-order chi connectivity index (χ1) is 14.1. The number of nitrogens with zero attached hydrogens (tertiary/aromatic N) is 5. The van der Waals surface area contributed by atoms with Gasteiger partial charge >= 0.3 is 0 Å². The summed E-state index contributed by atoms with van der Waals surface area (Å²) >= 11 is 1.53. The summed E-state index contributed by atoms with van der Waals surface area (Å²) in [5, 5.41) is 14.3. The summed E-state index contributed by atoms with van der Waals surface area (Å²) in [6.45, 7) is 6.05. The maximum atomic E-state index is 9.14. The van der Waals surface area contributed by atoms with E-state index in [1.54, 1.807) is 12.3 Å². The van der Waals surface area contributed by atoms with Crippen LogP contribution in [0.1, 0.15) is 10.4 Å². The lowest BCUT2D eigenvalue weighted by molar-refractivity contribution is 0.146. The van der Waals surface area contributed by atoms with Gasteiger partial charge in [0.05, 0.1) is 6.61 Å². The minimum absolute atomic E-state index is 0.168. The minimum Gasteiger partial charge on any atom is -0.395 e. The summed E-state index contributed by atoms with van der Waals surface area (Å²) in [5.74, 6) is 0.902. The average molecular weight is 414 g/mol. The Kier molecular flexibility index (Phi) is 7.74. The van der Waals surface area contributed by atoms with Gasteiger partial charge in [0.2, 0.25) is 11.1 Å². The van der Waals surface area contributed by atoms with Crippen LogP contribution in [0.5, 0.6) is 0 Å². The van der Waals surface area contributed by atoms with Gasteiger partial charge in [-0.3, -0.25) is 4.90 Å². The van der Waals surface area contributed by atoms with E-state index in [0.29, 0.717) is 23.5 Å². The highest BCUT2D eigenvalue weighted by Gasteiger charge is 2.19. The number of rotatable bonds is 6. The van der Waals surface area contributed by atoms with Crippen molar-refractivity contribution in [1.29, 1.82) is 0 Å². The standard InChI is InChI=1S/C20H27N7OS/c1-16-15-22-20(29-16)25-24-19(27-11-9-26(10-12-27)13-14-28)23-18(21)8-7-17-5-3-2-4-6-17/h2-8,15,28H,9-14H2,1H3,(H,22,25)(H2,21,23,24)/b8-7+. The monoisotopic (exact) mass is 413 g/mol. The van der Waals surface area contributed by atoms with E-state index in [1.807, 2.05) is 43.3 Å². The number of guanidine groups is 1. The van der Waals surface area contributed by atoms with Crippen LogP contribution in [0.15, 0.2) is 52.7 Å². The van der Waals surface area contributed by atoms with Crippen LogP contribution < -0.4 is 11.2 Å². The molecule has 0 spiro atoms. The van der Waals surface area contributed by atoms with Gasteiger partial charge in [0.25, 0.3) is 0 Å². The second-order valence-corrected chi connectivity index (χ2v) is 7.87. The molecule has 1 aromatic heterocycles.